The van der Waals surface area contributed by atoms with Gasteiger partial charge in [0.1, 0.15) is 11.0 Å². The molecule has 208 valence electrons. The van der Waals surface area contributed by atoms with Gasteiger partial charge < -0.3 is 8.83 Å². The lowest BCUT2D eigenvalue weighted by molar-refractivity contribution is 0.602. The molecule has 4 nitrogen and oxygen atoms in total. The maximum absolute atomic E-state index is 5.79. The van der Waals surface area contributed by atoms with Crippen molar-refractivity contribution < 1.29 is 8.83 Å². The van der Waals surface area contributed by atoms with E-state index in [2.05, 4.69) is 89.7 Å². The summed E-state index contributed by atoms with van der Waals surface area (Å²) >= 11 is 0. The molecule has 0 aliphatic rings. The fourth-order valence-electron chi connectivity index (χ4n) is 4.61. The van der Waals surface area contributed by atoms with Gasteiger partial charge in [0.25, 0.3) is 0 Å². The third kappa shape index (κ3) is 6.95. The first kappa shape index (κ1) is 27.4. The number of rotatable bonds is 3. The highest BCUT2D eigenvalue weighted by Crippen LogP contribution is 2.27. The molecule has 6 aromatic carbocycles. The molecule has 0 radical (unpaired) electrons. The second-order valence-corrected chi connectivity index (χ2v) is 9.98. The summed E-state index contributed by atoms with van der Waals surface area (Å²) in [4.78, 5) is 8.47. The van der Waals surface area contributed by atoms with Gasteiger partial charge in [0.2, 0.25) is 5.89 Å². The lowest BCUT2D eigenvalue weighted by atomic mass is 10.0. The van der Waals surface area contributed by atoms with Crippen LogP contribution in [-0.4, -0.2) is 9.97 Å². The van der Waals surface area contributed by atoms with Crippen molar-refractivity contribution in [2.45, 2.75) is 6.92 Å². The molecule has 2 aromatic heterocycles. The van der Waals surface area contributed by atoms with Crippen LogP contribution in [0, 0.1) is 6.92 Å². The molecule has 0 atom stereocenters. The lowest BCUT2D eigenvalue weighted by Crippen LogP contribution is -1.79. The monoisotopic (exact) mass is 558 g/mol. The zero-order valence-electron chi connectivity index (χ0n) is 23.8. The Bertz CT molecular complexity index is 1950. The molecule has 0 saturated carbocycles. The van der Waals surface area contributed by atoms with E-state index >= 15 is 0 Å². The van der Waals surface area contributed by atoms with Crippen molar-refractivity contribution in [1.29, 1.82) is 0 Å². The molecule has 0 fully saturated rings. The Kier molecular flexibility index (Phi) is 8.47. The number of oxazole rings is 2. The summed E-state index contributed by atoms with van der Waals surface area (Å²) in [7, 11) is 0. The van der Waals surface area contributed by atoms with Gasteiger partial charge in [-0.25, -0.2) is 9.97 Å². The van der Waals surface area contributed by atoms with Crippen molar-refractivity contribution >= 4 is 22.2 Å². The minimum atomic E-state index is 0.663. The van der Waals surface area contributed by atoms with Gasteiger partial charge >= 0.3 is 0 Å². The minimum absolute atomic E-state index is 0.663. The number of para-hydroxylation sites is 4. The van der Waals surface area contributed by atoms with Crippen LogP contribution in [0.5, 0.6) is 0 Å². The highest BCUT2D eigenvalue weighted by Gasteiger charge is 2.07. The molecule has 0 amide bonds. The topological polar surface area (TPSA) is 52.1 Å². The Hall–Kier alpha value is -5.74. The van der Waals surface area contributed by atoms with Crippen molar-refractivity contribution in [3.05, 3.63) is 170 Å². The molecule has 2 heterocycles. The van der Waals surface area contributed by atoms with E-state index < -0.39 is 0 Å². The Morgan fingerprint density at radius 1 is 0.419 bits per heavy atom. The van der Waals surface area contributed by atoms with Crippen molar-refractivity contribution in [2.75, 3.05) is 0 Å². The molecule has 0 saturated heterocycles. The number of aryl methyl sites for hydroxylation is 1. The standard InChI is InChI=1S/C19H13NO.C13H12.C7H5NO/c1-2-6-14(7-3-1)15-10-12-16(13-11-15)19-20-17-8-4-5-9-18(17)21-19;1-11-7-9-13(10-8-11)12-5-3-2-4-6-12;1-2-4-7-6(3-1)8-5-9-7/h1-13H;2-10H,1H3;1-5H. The maximum Gasteiger partial charge on any atom is 0.227 e. The summed E-state index contributed by atoms with van der Waals surface area (Å²) in [6.45, 7) is 2.11. The predicted molar refractivity (Wildman–Crippen MR) is 176 cm³/mol. The summed E-state index contributed by atoms with van der Waals surface area (Å²) in [6, 6.07) is 53.1. The molecular weight excluding hydrogens is 528 g/mol. The van der Waals surface area contributed by atoms with E-state index in [0.717, 1.165) is 27.8 Å². The maximum atomic E-state index is 5.79. The molecule has 0 aliphatic heterocycles. The SMILES string of the molecule is Cc1ccc(-c2ccccc2)cc1.c1ccc(-c2ccc(-c3nc4ccccc4o3)cc2)cc1.c1ccc2ocnc2c1. The van der Waals surface area contributed by atoms with Gasteiger partial charge in [-0.05, 0) is 65.6 Å². The first-order valence-electron chi connectivity index (χ1n) is 14.1. The number of hydrogen-bond acceptors (Lipinski definition) is 4. The summed E-state index contributed by atoms with van der Waals surface area (Å²) < 4.78 is 10.8. The summed E-state index contributed by atoms with van der Waals surface area (Å²) in [6.07, 6.45) is 1.45. The minimum Gasteiger partial charge on any atom is -0.443 e. The van der Waals surface area contributed by atoms with Gasteiger partial charge in [-0.2, -0.15) is 0 Å². The van der Waals surface area contributed by atoms with E-state index in [0.29, 0.717) is 5.89 Å². The van der Waals surface area contributed by atoms with E-state index in [1.165, 1.54) is 34.2 Å². The molecule has 8 aromatic rings. The first-order chi connectivity index (χ1) is 21.2. The summed E-state index contributed by atoms with van der Waals surface area (Å²) in [5, 5.41) is 0. The van der Waals surface area contributed by atoms with Crippen molar-refractivity contribution in [3.8, 4) is 33.7 Å². The van der Waals surface area contributed by atoms with Crippen LogP contribution in [0.1, 0.15) is 5.56 Å². The largest absolute Gasteiger partial charge is 0.443 e. The fourth-order valence-corrected chi connectivity index (χ4v) is 4.61. The van der Waals surface area contributed by atoms with E-state index in [1.807, 2.05) is 84.9 Å². The normalized spacial score (nSPS) is 10.4. The first-order valence-corrected chi connectivity index (χ1v) is 14.1. The van der Waals surface area contributed by atoms with Gasteiger partial charge in [0.15, 0.2) is 17.6 Å². The smallest absolute Gasteiger partial charge is 0.227 e. The number of aromatic nitrogens is 2. The molecule has 0 aliphatic carbocycles. The second-order valence-electron chi connectivity index (χ2n) is 9.98. The molecule has 0 N–H and O–H groups in total. The molecule has 0 unspecified atom stereocenters. The van der Waals surface area contributed by atoms with E-state index in [1.54, 1.807) is 0 Å². The Labute approximate surface area is 250 Å². The molecule has 8 rings (SSSR count). The van der Waals surface area contributed by atoms with Crippen LogP contribution < -0.4 is 0 Å². The fraction of sp³-hybridized carbons (Fsp3) is 0.0256. The van der Waals surface area contributed by atoms with Crippen molar-refractivity contribution in [1.82, 2.24) is 9.97 Å². The van der Waals surface area contributed by atoms with Gasteiger partial charge in [-0.15, -0.1) is 0 Å². The van der Waals surface area contributed by atoms with Gasteiger partial charge in [0.05, 0.1) is 0 Å². The third-order valence-electron chi connectivity index (χ3n) is 6.93. The Morgan fingerprint density at radius 3 is 1.47 bits per heavy atom. The molecule has 43 heavy (non-hydrogen) atoms. The van der Waals surface area contributed by atoms with Crippen LogP contribution in [0.25, 0.3) is 55.9 Å². The van der Waals surface area contributed by atoms with Crippen molar-refractivity contribution in [3.63, 3.8) is 0 Å². The van der Waals surface area contributed by atoms with Crippen molar-refractivity contribution in [2.24, 2.45) is 0 Å². The zero-order chi connectivity index (χ0) is 29.3. The molecular formula is C39H30N2O2. The quantitative estimate of drug-likeness (QED) is 0.216. The van der Waals surface area contributed by atoms with Crippen LogP contribution in [0.4, 0.5) is 0 Å². The van der Waals surface area contributed by atoms with E-state index in [9.17, 15) is 0 Å². The highest BCUT2D eigenvalue weighted by atomic mass is 16.3. The highest BCUT2D eigenvalue weighted by molar-refractivity contribution is 5.77. The van der Waals surface area contributed by atoms with Gasteiger partial charge in [0, 0.05) is 5.56 Å². The lowest BCUT2D eigenvalue weighted by Gasteiger charge is -2.02. The Morgan fingerprint density at radius 2 is 0.884 bits per heavy atom. The third-order valence-corrected chi connectivity index (χ3v) is 6.93. The van der Waals surface area contributed by atoms with Gasteiger partial charge in [-0.3, -0.25) is 0 Å². The number of fused-ring (bicyclic) bond motifs is 2. The van der Waals surface area contributed by atoms with E-state index in [4.69, 9.17) is 8.83 Å². The van der Waals surface area contributed by atoms with Gasteiger partial charge in [-0.1, -0.05) is 127 Å². The summed E-state index contributed by atoms with van der Waals surface area (Å²) in [5.41, 5.74) is 10.7. The number of benzene rings is 6. The predicted octanol–water partition coefficient (Wildman–Crippen LogP) is 10.7. The van der Waals surface area contributed by atoms with Crippen LogP contribution in [0.3, 0.4) is 0 Å². The summed E-state index contributed by atoms with van der Waals surface area (Å²) in [5.74, 6) is 0.663. The van der Waals surface area contributed by atoms with Crippen LogP contribution >= 0.6 is 0 Å². The average Bonchev–Trinajstić information content (AvgIpc) is 3.74. The molecule has 0 bridgehead atoms. The zero-order valence-corrected chi connectivity index (χ0v) is 23.8. The second kappa shape index (κ2) is 13.3. The average molecular weight is 559 g/mol. The van der Waals surface area contributed by atoms with Crippen LogP contribution in [0.15, 0.2) is 173 Å². The van der Waals surface area contributed by atoms with Crippen LogP contribution in [-0.2, 0) is 0 Å². The molecule has 0 spiro atoms. The molecule has 4 heteroatoms. The Balaban J connectivity index is 0.000000127. The number of hydrogen-bond donors (Lipinski definition) is 0. The van der Waals surface area contributed by atoms with Crippen LogP contribution in [0.2, 0.25) is 0 Å². The number of nitrogens with zero attached hydrogens (tertiary/aromatic N) is 2. The van der Waals surface area contributed by atoms with E-state index in [-0.39, 0.29) is 0 Å².